The zero-order valence-corrected chi connectivity index (χ0v) is 14.9. The summed E-state index contributed by atoms with van der Waals surface area (Å²) in [6, 6.07) is 0. The number of likely N-dealkylation sites (tertiary alicyclic amines) is 1. The predicted molar refractivity (Wildman–Crippen MR) is 87.4 cm³/mol. The summed E-state index contributed by atoms with van der Waals surface area (Å²) in [6.45, 7) is 7.17. The Kier molecular flexibility index (Phi) is 4.99. The van der Waals surface area contributed by atoms with Crippen molar-refractivity contribution in [3.05, 3.63) is 0 Å². The number of rotatable bonds is 3. The van der Waals surface area contributed by atoms with Crippen LogP contribution in [0, 0.1) is 11.8 Å². The standard InChI is InChI=1S/C16H28N2O4S/c1-12(2)10-18-11-13-5-7-17(8-6-15(13)23(18,20)21)16(19)14-4-3-9-22-14/h12-15H,3-11H2,1-2H3/t13-,14+,15-/m1/s1. The number of ether oxygens (including phenoxy) is 1. The van der Waals surface area contributed by atoms with Crippen molar-refractivity contribution < 1.29 is 17.9 Å². The van der Waals surface area contributed by atoms with Gasteiger partial charge >= 0.3 is 0 Å². The largest absolute Gasteiger partial charge is 0.368 e. The number of carbonyl (C=O) groups excluding carboxylic acids is 1. The number of nitrogens with zero attached hydrogens (tertiary/aromatic N) is 2. The van der Waals surface area contributed by atoms with Gasteiger partial charge in [0.15, 0.2) is 0 Å². The monoisotopic (exact) mass is 344 g/mol. The van der Waals surface area contributed by atoms with Crippen molar-refractivity contribution in [3.8, 4) is 0 Å². The van der Waals surface area contributed by atoms with Crippen LogP contribution in [-0.4, -0.2) is 67.7 Å². The molecule has 3 heterocycles. The first-order valence-electron chi connectivity index (χ1n) is 8.79. The molecule has 3 aliphatic heterocycles. The molecule has 0 unspecified atom stereocenters. The van der Waals surface area contributed by atoms with Crippen molar-refractivity contribution in [2.75, 3.05) is 32.8 Å². The SMILES string of the molecule is CC(C)CN1C[C@H]2CCN(C(=O)[C@@H]3CCCO3)CC[C@H]2S1(=O)=O. The minimum atomic E-state index is -3.21. The predicted octanol–water partition coefficient (Wildman–Crippen LogP) is 1.07. The second kappa shape index (κ2) is 6.69. The van der Waals surface area contributed by atoms with Crippen LogP contribution in [0.2, 0.25) is 0 Å². The van der Waals surface area contributed by atoms with Gasteiger partial charge in [0.1, 0.15) is 6.10 Å². The molecule has 0 radical (unpaired) electrons. The Balaban J connectivity index is 1.66. The summed E-state index contributed by atoms with van der Waals surface area (Å²) < 4.78 is 32.7. The number of amides is 1. The van der Waals surface area contributed by atoms with Crippen molar-refractivity contribution in [2.24, 2.45) is 11.8 Å². The van der Waals surface area contributed by atoms with Gasteiger partial charge in [-0.25, -0.2) is 12.7 Å². The van der Waals surface area contributed by atoms with Gasteiger partial charge in [0, 0.05) is 32.8 Å². The Bertz CT molecular complexity index is 542. The highest BCUT2D eigenvalue weighted by Gasteiger charge is 2.47. The van der Waals surface area contributed by atoms with E-state index in [-0.39, 0.29) is 23.2 Å². The third-order valence-electron chi connectivity index (χ3n) is 5.25. The number of hydrogen-bond donors (Lipinski definition) is 0. The van der Waals surface area contributed by atoms with Crippen LogP contribution in [0.25, 0.3) is 0 Å². The molecule has 3 aliphatic rings. The molecule has 3 saturated heterocycles. The molecule has 7 heteroatoms. The molecular weight excluding hydrogens is 316 g/mol. The first-order chi connectivity index (χ1) is 10.9. The zero-order chi connectivity index (χ0) is 16.6. The number of sulfonamides is 1. The van der Waals surface area contributed by atoms with E-state index in [2.05, 4.69) is 0 Å². The van der Waals surface area contributed by atoms with Gasteiger partial charge in [-0.1, -0.05) is 13.8 Å². The normalized spacial score (nSPS) is 34.6. The molecule has 23 heavy (non-hydrogen) atoms. The Morgan fingerprint density at radius 2 is 1.96 bits per heavy atom. The molecule has 0 bridgehead atoms. The summed E-state index contributed by atoms with van der Waals surface area (Å²) in [5, 5.41) is -0.316. The van der Waals surface area contributed by atoms with Crippen LogP contribution in [0.15, 0.2) is 0 Å². The molecular formula is C16H28N2O4S. The lowest BCUT2D eigenvalue weighted by atomic mass is 10.0. The molecule has 6 nitrogen and oxygen atoms in total. The number of carbonyl (C=O) groups is 1. The molecule has 0 aromatic heterocycles. The maximum Gasteiger partial charge on any atom is 0.251 e. The topological polar surface area (TPSA) is 66.9 Å². The third kappa shape index (κ3) is 3.42. The molecule has 132 valence electrons. The highest BCUT2D eigenvalue weighted by Crippen LogP contribution is 2.35. The summed E-state index contributed by atoms with van der Waals surface area (Å²) in [6.07, 6.45) is 2.76. The Morgan fingerprint density at radius 1 is 1.22 bits per heavy atom. The summed E-state index contributed by atoms with van der Waals surface area (Å²) in [5.41, 5.74) is 0. The van der Waals surface area contributed by atoms with Crippen LogP contribution >= 0.6 is 0 Å². The molecule has 0 N–H and O–H groups in total. The van der Waals surface area contributed by atoms with Crippen LogP contribution in [0.4, 0.5) is 0 Å². The summed E-state index contributed by atoms with van der Waals surface area (Å²) in [5.74, 6) is 0.546. The second-order valence-electron chi connectivity index (χ2n) is 7.46. The van der Waals surface area contributed by atoms with Crippen molar-refractivity contribution >= 4 is 15.9 Å². The van der Waals surface area contributed by atoms with Crippen molar-refractivity contribution in [3.63, 3.8) is 0 Å². The van der Waals surface area contributed by atoms with E-state index >= 15 is 0 Å². The van der Waals surface area contributed by atoms with Gasteiger partial charge in [-0.05, 0) is 37.5 Å². The highest BCUT2D eigenvalue weighted by molar-refractivity contribution is 7.90. The van der Waals surface area contributed by atoms with Gasteiger partial charge < -0.3 is 9.64 Å². The first-order valence-corrected chi connectivity index (χ1v) is 10.3. The van der Waals surface area contributed by atoms with E-state index in [4.69, 9.17) is 4.74 Å². The lowest BCUT2D eigenvalue weighted by molar-refractivity contribution is -0.140. The Labute approximate surface area is 139 Å². The van der Waals surface area contributed by atoms with Crippen molar-refractivity contribution in [1.82, 2.24) is 9.21 Å². The van der Waals surface area contributed by atoms with Gasteiger partial charge in [0.2, 0.25) is 10.0 Å². The summed E-state index contributed by atoms with van der Waals surface area (Å²) >= 11 is 0. The van der Waals surface area contributed by atoms with Gasteiger partial charge in [0.25, 0.3) is 5.91 Å². The molecule has 0 spiro atoms. The summed E-state index contributed by atoms with van der Waals surface area (Å²) in [7, 11) is -3.21. The smallest absolute Gasteiger partial charge is 0.251 e. The molecule has 0 saturated carbocycles. The fraction of sp³-hybridized carbons (Fsp3) is 0.938. The van der Waals surface area contributed by atoms with E-state index in [9.17, 15) is 13.2 Å². The second-order valence-corrected chi connectivity index (χ2v) is 9.61. The van der Waals surface area contributed by atoms with Crippen LogP contribution in [0.3, 0.4) is 0 Å². The molecule has 3 rings (SSSR count). The molecule has 0 aromatic carbocycles. The fourth-order valence-electron chi connectivity index (χ4n) is 4.08. The van der Waals surface area contributed by atoms with Gasteiger partial charge in [-0.2, -0.15) is 0 Å². The third-order valence-corrected chi connectivity index (χ3v) is 7.65. The van der Waals surface area contributed by atoms with E-state index in [0.29, 0.717) is 45.1 Å². The minimum Gasteiger partial charge on any atom is -0.368 e. The average Bonchev–Trinajstić information content (AvgIpc) is 3.01. The van der Waals surface area contributed by atoms with Crippen LogP contribution in [-0.2, 0) is 19.6 Å². The lowest BCUT2D eigenvalue weighted by Gasteiger charge is -2.24. The maximum atomic E-state index is 12.7. The van der Waals surface area contributed by atoms with Crippen molar-refractivity contribution in [2.45, 2.75) is 50.9 Å². The Morgan fingerprint density at radius 3 is 2.61 bits per heavy atom. The van der Waals surface area contributed by atoms with Gasteiger partial charge in [0.05, 0.1) is 5.25 Å². The van der Waals surface area contributed by atoms with E-state index in [1.54, 1.807) is 4.31 Å². The minimum absolute atomic E-state index is 0.0545. The average molecular weight is 344 g/mol. The number of hydrogen-bond acceptors (Lipinski definition) is 4. The van der Waals surface area contributed by atoms with E-state index < -0.39 is 10.0 Å². The molecule has 3 atom stereocenters. The maximum absolute atomic E-state index is 12.7. The van der Waals surface area contributed by atoms with Crippen LogP contribution < -0.4 is 0 Å². The van der Waals surface area contributed by atoms with Crippen LogP contribution in [0.5, 0.6) is 0 Å². The van der Waals surface area contributed by atoms with Gasteiger partial charge in [-0.15, -0.1) is 0 Å². The molecule has 3 fully saturated rings. The first kappa shape index (κ1) is 17.2. The quantitative estimate of drug-likeness (QED) is 0.768. The molecule has 0 aliphatic carbocycles. The Hall–Kier alpha value is -0.660. The lowest BCUT2D eigenvalue weighted by Crippen LogP contribution is -2.40. The van der Waals surface area contributed by atoms with E-state index in [1.165, 1.54) is 0 Å². The van der Waals surface area contributed by atoms with Gasteiger partial charge in [-0.3, -0.25) is 4.79 Å². The molecule has 0 aromatic rings. The van der Waals surface area contributed by atoms with Crippen molar-refractivity contribution in [1.29, 1.82) is 0 Å². The summed E-state index contributed by atoms with van der Waals surface area (Å²) in [4.78, 5) is 14.3. The number of fused-ring (bicyclic) bond motifs is 1. The fourth-order valence-corrected chi connectivity index (χ4v) is 6.48. The van der Waals surface area contributed by atoms with E-state index in [0.717, 1.165) is 19.3 Å². The van der Waals surface area contributed by atoms with E-state index in [1.807, 2.05) is 18.7 Å². The zero-order valence-electron chi connectivity index (χ0n) is 14.1. The highest BCUT2D eigenvalue weighted by atomic mass is 32.2. The van der Waals surface area contributed by atoms with Crippen LogP contribution in [0.1, 0.15) is 39.5 Å². The molecule has 1 amide bonds.